The maximum atomic E-state index is 3.28. The van der Waals surface area contributed by atoms with E-state index < -0.39 is 0 Å². The summed E-state index contributed by atoms with van der Waals surface area (Å²) in [6.45, 7) is 0. The van der Waals surface area contributed by atoms with Crippen LogP contribution < -0.4 is 5.32 Å². The molecule has 16 heavy (non-hydrogen) atoms. The molecule has 1 aliphatic heterocycles. The van der Waals surface area contributed by atoms with Gasteiger partial charge in [-0.05, 0) is 18.2 Å². The lowest BCUT2D eigenvalue weighted by Gasteiger charge is -2.04. The molecule has 0 bridgehead atoms. The quantitative estimate of drug-likeness (QED) is 0.740. The Morgan fingerprint density at radius 3 is 2.88 bits per heavy atom. The van der Waals surface area contributed by atoms with Crippen LogP contribution in [0.5, 0.6) is 0 Å². The monoisotopic (exact) mass is 208 g/mol. The first-order valence-electron chi connectivity index (χ1n) is 5.32. The second-order valence-corrected chi connectivity index (χ2v) is 3.72. The van der Waals surface area contributed by atoms with Gasteiger partial charge >= 0.3 is 0 Å². The number of H-pyrrole nitrogens is 1. The van der Waals surface area contributed by atoms with Crippen LogP contribution in [0.15, 0.2) is 61.0 Å². The fraction of sp³-hybridized carbons (Fsp3) is 0. The SMILES string of the molecule is C1=CC=C(c2c[nH]c3ccccc23)NC=C1. The van der Waals surface area contributed by atoms with Crippen LogP contribution in [0.4, 0.5) is 0 Å². The van der Waals surface area contributed by atoms with Crippen molar-refractivity contribution in [3.8, 4) is 0 Å². The Balaban J connectivity index is 2.15. The molecule has 1 aromatic carbocycles. The van der Waals surface area contributed by atoms with E-state index in [0.717, 1.165) is 11.2 Å². The summed E-state index contributed by atoms with van der Waals surface area (Å²) in [5, 5.41) is 4.51. The number of hydrogen-bond acceptors (Lipinski definition) is 1. The lowest BCUT2D eigenvalue weighted by Crippen LogP contribution is -2.01. The van der Waals surface area contributed by atoms with Crippen LogP contribution in [0.25, 0.3) is 16.6 Å². The van der Waals surface area contributed by atoms with Gasteiger partial charge in [-0.1, -0.05) is 30.4 Å². The van der Waals surface area contributed by atoms with Crippen LogP contribution in [-0.2, 0) is 0 Å². The van der Waals surface area contributed by atoms with Crippen molar-refractivity contribution in [3.05, 3.63) is 66.5 Å². The van der Waals surface area contributed by atoms with Gasteiger partial charge in [0.15, 0.2) is 0 Å². The lowest BCUT2D eigenvalue weighted by atomic mass is 10.1. The third-order valence-electron chi connectivity index (χ3n) is 2.70. The molecule has 0 aliphatic carbocycles. The molecule has 0 saturated heterocycles. The average molecular weight is 208 g/mol. The number of aromatic nitrogens is 1. The number of allylic oxidation sites excluding steroid dienone is 4. The minimum Gasteiger partial charge on any atom is -0.361 e. The fourth-order valence-electron chi connectivity index (χ4n) is 1.92. The molecule has 1 aliphatic rings. The largest absolute Gasteiger partial charge is 0.361 e. The molecule has 3 rings (SSSR count). The number of aromatic amines is 1. The van der Waals surface area contributed by atoms with Gasteiger partial charge in [0.1, 0.15) is 0 Å². The molecule has 1 aromatic heterocycles. The zero-order valence-electron chi connectivity index (χ0n) is 8.77. The predicted octanol–water partition coefficient (Wildman–Crippen LogP) is 3.18. The molecule has 78 valence electrons. The molecule has 0 unspecified atom stereocenters. The van der Waals surface area contributed by atoms with Crippen LogP contribution in [0.2, 0.25) is 0 Å². The molecule has 0 radical (unpaired) electrons. The highest BCUT2D eigenvalue weighted by Crippen LogP contribution is 2.23. The average Bonchev–Trinajstić information content (AvgIpc) is 2.57. The van der Waals surface area contributed by atoms with E-state index in [1.165, 1.54) is 10.9 Å². The summed E-state index contributed by atoms with van der Waals surface area (Å²) in [4.78, 5) is 3.28. The van der Waals surface area contributed by atoms with Crippen LogP contribution in [0.3, 0.4) is 0 Å². The van der Waals surface area contributed by atoms with Crippen LogP contribution >= 0.6 is 0 Å². The highest BCUT2D eigenvalue weighted by Gasteiger charge is 2.06. The minimum absolute atomic E-state index is 1.11. The topological polar surface area (TPSA) is 27.8 Å². The predicted molar refractivity (Wildman–Crippen MR) is 67.7 cm³/mol. The van der Waals surface area contributed by atoms with Crippen LogP contribution in [0.1, 0.15) is 5.56 Å². The summed E-state index contributed by atoms with van der Waals surface area (Å²) in [6.07, 6.45) is 12.1. The van der Waals surface area contributed by atoms with Gasteiger partial charge in [0.05, 0.1) is 0 Å². The normalized spacial score (nSPS) is 14.6. The lowest BCUT2D eigenvalue weighted by molar-refractivity contribution is 1.22. The van der Waals surface area contributed by atoms with E-state index in [1.807, 2.05) is 36.7 Å². The summed E-state index contributed by atoms with van der Waals surface area (Å²) in [6, 6.07) is 8.31. The van der Waals surface area contributed by atoms with Gasteiger partial charge in [-0.3, -0.25) is 0 Å². The van der Waals surface area contributed by atoms with E-state index in [2.05, 4.69) is 34.6 Å². The first-order chi connectivity index (χ1) is 7.95. The molecule has 2 N–H and O–H groups in total. The van der Waals surface area contributed by atoms with Gasteiger partial charge in [-0.15, -0.1) is 0 Å². The summed E-state index contributed by atoms with van der Waals surface area (Å²) in [7, 11) is 0. The zero-order valence-corrected chi connectivity index (χ0v) is 8.77. The van der Waals surface area contributed by atoms with E-state index in [-0.39, 0.29) is 0 Å². The van der Waals surface area contributed by atoms with E-state index in [4.69, 9.17) is 0 Å². The van der Waals surface area contributed by atoms with Crippen molar-refractivity contribution < 1.29 is 0 Å². The Labute approximate surface area is 94.0 Å². The maximum absolute atomic E-state index is 3.28. The van der Waals surface area contributed by atoms with E-state index in [9.17, 15) is 0 Å². The molecule has 2 nitrogen and oxygen atoms in total. The Kier molecular flexibility index (Phi) is 2.11. The molecule has 0 atom stereocenters. The molecule has 0 amide bonds. The number of fused-ring (bicyclic) bond motifs is 1. The molecule has 2 aromatic rings. The van der Waals surface area contributed by atoms with E-state index in [0.29, 0.717) is 0 Å². The Morgan fingerprint density at radius 1 is 0.938 bits per heavy atom. The fourth-order valence-corrected chi connectivity index (χ4v) is 1.92. The molecular weight excluding hydrogens is 196 g/mol. The van der Waals surface area contributed by atoms with Crippen molar-refractivity contribution in [2.75, 3.05) is 0 Å². The van der Waals surface area contributed by atoms with Gasteiger partial charge < -0.3 is 10.3 Å². The first-order valence-corrected chi connectivity index (χ1v) is 5.32. The summed E-state index contributed by atoms with van der Waals surface area (Å²) < 4.78 is 0. The molecule has 2 heteroatoms. The molecular formula is C14H12N2. The molecule has 0 fully saturated rings. The Hall–Kier alpha value is -2.22. The number of benzene rings is 1. The second kappa shape index (κ2) is 3.74. The van der Waals surface area contributed by atoms with Gasteiger partial charge in [0, 0.05) is 34.6 Å². The Bertz CT molecular complexity index is 600. The third kappa shape index (κ3) is 1.44. The van der Waals surface area contributed by atoms with Crippen molar-refractivity contribution in [1.82, 2.24) is 10.3 Å². The van der Waals surface area contributed by atoms with Crippen molar-refractivity contribution in [3.63, 3.8) is 0 Å². The number of rotatable bonds is 1. The number of nitrogens with one attached hydrogen (secondary N) is 2. The van der Waals surface area contributed by atoms with Crippen molar-refractivity contribution >= 4 is 16.6 Å². The molecule has 0 spiro atoms. The minimum atomic E-state index is 1.11. The first kappa shape index (κ1) is 9.04. The van der Waals surface area contributed by atoms with Crippen molar-refractivity contribution in [2.45, 2.75) is 0 Å². The number of para-hydroxylation sites is 1. The van der Waals surface area contributed by atoms with Crippen molar-refractivity contribution in [2.24, 2.45) is 0 Å². The van der Waals surface area contributed by atoms with E-state index >= 15 is 0 Å². The standard InChI is InChI=1S/C14H12N2/c1-2-7-14(15-9-5-1)12-10-16-13-8-4-3-6-11(12)13/h1-10,15-16H. The van der Waals surface area contributed by atoms with Gasteiger partial charge in [-0.25, -0.2) is 0 Å². The van der Waals surface area contributed by atoms with Crippen LogP contribution in [0, 0.1) is 0 Å². The summed E-state index contributed by atoms with van der Waals surface area (Å²) in [5.41, 5.74) is 3.48. The molecule has 2 heterocycles. The Morgan fingerprint density at radius 2 is 1.88 bits per heavy atom. The summed E-state index contributed by atoms with van der Waals surface area (Å²) in [5.74, 6) is 0. The summed E-state index contributed by atoms with van der Waals surface area (Å²) >= 11 is 0. The van der Waals surface area contributed by atoms with Gasteiger partial charge in [0.25, 0.3) is 0 Å². The molecule has 0 saturated carbocycles. The maximum Gasteiger partial charge on any atom is 0.0474 e. The third-order valence-corrected chi connectivity index (χ3v) is 2.70. The highest BCUT2D eigenvalue weighted by atomic mass is 14.9. The smallest absolute Gasteiger partial charge is 0.0474 e. The van der Waals surface area contributed by atoms with Gasteiger partial charge in [0.2, 0.25) is 0 Å². The van der Waals surface area contributed by atoms with E-state index in [1.54, 1.807) is 0 Å². The number of hydrogen-bond donors (Lipinski definition) is 2. The highest BCUT2D eigenvalue weighted by molar-refractivity contribution is 5.92. The second-order valence-electron chi connectivity index (χ2n) is 3.72. The van der Waals surface area contributed by atoms with Crippen LogP contribution in [-0.4, -0.2) is 4.98 Å². The zero-order chi connectivity index (χ0) is 10.8. The van der Waals surface area contributed by atoms with Crippen molar-refractivity contribution in [1.29, 1.82) is 0 Å². The van der Waals surface area contributed by atoms with Gasteiger partial charge in [-0.2, -0.15) is 0 Å².